The summed E-state index contributed by atoms with van der Waals surface area (Å²) >= 11 is 0. The van der Waals surface area contributed by atoms with E-state index in [2.05, 4.69) is 20.0 Å². The molecule has 10 heteroatoms. The predicted molar refractivity (Wildman–Crippen MR) is 112 cm³/mol. The Labute approximate surface area is 181 Å². The number of ether oxygens (including phenoxy) is 2. The summed E-state index contributed by atoms with van der Waals surface area (Å²) in [7, 11) is 1.93. The molecule has 0 radical (unpaired) electrons. The molecule has 2 aromatic heterocycles. The molecule has 0 aromatic carbocycles. The van der Waals surface area contributed by atoms with Crippen LogP contribution >= 0.6 is 0 Å². The monoisotopic (exact) mass is 432 g/mol. The van der Waals surface area contributed by atoms with Crippen LogP contribution in [0.25, 0.3) is 0 Å². The van der Waals surface area contributed by atoms with Gasteiger partial charge in [0.2, 0.25) is 5.88 Å². The lowest BCUT2D eigenvalue weighted by atomic mass is 10.1. The quantitative estimate of drug-likeness (QED) is 0.737. The van der Waals surface area contributed by atoms with Gasteiger partial charge in [-0.05, 0) is 27.7 Å². The molecule has 9 nitrogen and oxygen atoms in total. The van der Waals surface area contributed by atoms with Crippen LogP contribution in [-0.4, -0.2) is 61.7 Å². The highest BCUT2D eigenvalue weighted by Crippen LogP contribution is 2.32. The minimum absolute atomic E-state index is 0.0645. The molecular formula is C21H29FN6O3. The second-order valence-electron chi connectivity index (χ2n) is 9.11. The van der Waals surface area contributed by atoms with Gasteiger partial charge in [0.05, 0.1) is 30.5 Å². The summed E-state index contributed by atoms with van der Waals surface area (Å²) in [6.07, 6.45) is 1.16. The minimum Gasteiger partial charge on any atom is -0.471 e. The molecule has 2 aromatic rings. The number of nitrogens with zero attached hydrogens (tertiary/aromatic N) is 6. The van der Waals surface area contributed by atoms with Crippen LogP contribution in [-0.2, 0) is 24.9 Å². The molecule has 1 unspecified atom stereocenters. The topological polar surface area (TPSA) is 85.6 Å². The Kier molecular flexibility index (Phi) is 5.49. The number of likely N-dealkylation sites (tertiary alicyclic amines) is 1. The van der Waals surface area contributed by atoms with Crippen molar-refractivity contribution in [2.24, 2.45) is 7.05 Å². The first-order valence-corrected chi connectivity index (χ1v) is 10.5. The summed E-state index contributed by atoms with van der Waals surface area (Å²) in [4.78, 5) is 24.4. The van der Waals surface area contributed by atoms with Crippen molar-refractivity contribution in [3.8, 4) is 5.88 Å². The summed E-state index contributed by atoms with van der Waals surface area (Å²) in [6.45, 7) is 8.96. The molecule has 0 aliphatic carbocycles. The number of hydrogen-bond acceptors (Lipinski definition) is 7. The molecule has 0 spiro atoms. The van der Waals surface area contributed by atoms with Gasteiger partial charge >= 0.3 is 6.09 Å². The molecule has 2 atom stereocenters. The van der Waals surface area contributed by atoms with Crippen molar-refractivity contribution in [3.05, 3.63) is 29.3 Å². The first kappa shape index (κ1) is 21.3. The van der Waals surface area contributed by atoms with E-state index in [9.17, 15) is 9.18 Å². The van der Waals surface area contributed by atoms with E-state index in [0.29, 0.717) is 31.9 Å². The van der Waals surface area contributed by atoms with E-state index in [-0.39, 0.29) is 6.54 Å². The number of fused-ring (bicyclic) bond motifs is 1. The molecule has 1 amide bonds. The highest BCUT2D eigenvalue weighted by molar-refractivity contribution is 5.68. The van der Waals surface area contributed by atoms with Gasteiger partial charge in [-0.15, -0.1) is 0 Å². The molecule has 1 fully saturated rings. The zero-order chi connectivity index (χ0) is 22.3. The van der Waals surface area contributed by atoms with Crippen molar-refractivity contribution in [3.63, 3.8) is 0 Å². The maximum absolute atomic E-state index is 14.9. The van der Waals surface area contributed by atoms with Crippen molar-refractivity contribution < 1.29 is 18.7 Å². The highest BCUT2D eigenvalue weighted by atomic mass is 19.1. The zero-order valence-electron chi connectivity index (χ0n) is 18.6. The average Bonchev–Trinajstić information content (AvgIpc) is 3.25. The van der Waals surface area contributed by atoms with Gasteiger partial charge in [0.1, 0.15) is 23.9 Å². The van der Waals surface area contributed by atoms with Crippen molar-refractivity contribution in [1.29, 1.82) is 0 Å². The Bertz CT molecular complexity index is 973. The van der Waals surface area contributed by atoms with Crippen LogP contribution < -0.4 is 9.64 Å². The number of carbonyl (C=O) groups is 1. The van der Waals surface area contributed by atoms with Crippen LogP contribution in [0.15, 0.2) is 12.5 Å². The second-order valence-corrected chi connectivity index (χ2v) is 9.11. The molecule has 0 N–H and O–H groups in total. The van der Waals surface area contributed by atoms with E-state index < -0.39 is 24.0 Å². The normalized spacial score (nSPS) is 21.2. The van der Waals surface area contributed by atoms with Crippen molar-refractivity contribution in [2.45, 2.75) is 65.1 Å². The van der Waals surface area contributed by atoms with Crippen LogP contribution in [0.1, 0.15) is 44.0 Å². The van der Waals surface area contributed by atoms with Crippen molar-refractivity contribution in [2.75, 3.05) is 18.0 Å². The number of anilines is 1. The lowest BCUT2D eigenvalue weighted by Crippen LogP contribution is -2.50. The Morgan fingerprint density at radius 1 is 1.26 bits per heavy atom. The number of amides is 1. The molecule has 2 aliphatic rings. The number of carbonyl (C=O) groups excluding carboxylic acids is 1. The lowest BCUT2D eigenvalue weighted by Gasteiger charge is -2.35. The predicted octanol–water partition coefficient (Wildman–Crippen LogP) is 2.77. The fraction of sp³-hybridized carbons (Fsp3) is 0.619. The van der Waals surface area contributed by atoms with E-state index >= 15 is 0 Å². The lowest BCUT2D eigenvalue weighted by molar-refractivity contribution is -0.0116. The highest BCUT2D eigenvalue weighted by Gasteiger charge is 2.36. The number of aromatic nitrogens is 4. The fourth-order valence-corrected chi connectivity index (χ4v) is 3.95. The van der Waals surface area contributed by atoms with Gasteiger partial charge < -0.3 is 19.3 Å². The van der Waals surface area contributed by atoms with Gasteiger partial charge in [0, 0.05) is 32.1 Å². The molecule has 4 heterocycles. The third-order valence-electron chi connectivity index (χ3n) is 5.56. The van der Waals surface area contributed by atoms with Crippen LogP contribution in [0.3, 0.4) is 0 Å². The third kappa shape index (κ3) is 4.42. The summed E-state index contributed by atoms with van der Waals surface area (Å²) in [6, 6.07) is 0. The fourth-order valence-electron chi connectivity index (χ4n) is 3.95. The van der Waals surface area contributed by atoms with E-state index in [1.165, 1.54) is 16.8 Å². The molecule has 1 saturated heterocycles. The van der Waals surface area contributed by atoms with Crippen LogP contribution in [0.2, 0.25) is 0 Å². The maximum atomic E-state index is 14.9. The summed E-state index contributed by atoms with van der Waals surface area (Å²) in [5.74, 6) is 1.14. The first-order valence-electron chi connectivity index (χ1n) is 10.5. The largest absolute Gasteiger partial charge is 0.471 e. The van der Waals surface area contributed by atoms with Gasteiger partial charge in [0.25, 0.3) is 0 Å². The van der Waals surface area contributed by atoms with Crippen molar-refractivity contribution >= 4 is 11.9 Å². The number of aryl methyl sites for hydroxylation is 1. The van der Waals surface area contributed by atoms with E-state index in [0.717, 1.165) is 17.1 Å². The van der Waals surface area contributed by atoms with Gasteiger partial charge in [-0.3, -0.25) is 4.68 Å². The number of hydrogen-bond donors (Lipinski definition) is 0. The molecule has 0 bridgehead atoms. The Morgan fingerprint density at radius 3 is 2.71 bits per heavy atom. The van der Waals surface area contributed by atoms with Gasteiger partial charge in [-0.1, -0.05) is 0 Å². The smallest absolute Gasteiger partial charge is 0.410 e. The maximum Gasteiger partial charge on any atom is 0.410 e. The number of alkyl halides is 1. The third-order valence-corrected chi connectivity index (χ3v) is 5.56. The number of rotatable bonds is 3. The van der Waals surface area contributed by atoms with E-state index in [4.69, 9.17) is 9.47 Å². The van der Waals surface area contributed by atoms with Crippen molar-refractivity contribution in [1.82, 2.24) is 24.6 Å². The Hall–Kier alpha value is -2.91. The molecule has 0 saturated carbocycles. The SMILES string of the molecule is Cc1c(O[C@@H]2CCN(C(=O)OC(C)(C)C)CC2F)ncnc1N1Cc2cnn(C)c2C1. The van der Waals surface area contributed by atoms with Gasteiger partial charge in [-0.25, -0.2) is 19.2 Å². The molecule has 168 valence electrons. The summed E-state index contributed by atoms with van der Waals surface area (Å²) in [5, 5.41) is 4.28. The van der Waals surface area contributed by atoms with E-state index in [1.54, 1.807) is 20.8 Å². The van der Waals surface area contributed by atoms with Gasteiger partial charge in [-0.2, -0.15) is 5.10 Å². The minimum atomic E-state index is -1.33. The molecule has 31 heavy (non-hydrogen) atoms. The summed E-state index contributed by atoms with van der Waals surface area (Å²) in [5.41, 5.74) is 2.47. The summed E-state index contributed by atoms with van der Waals surface area (Å²) < 4.78 is 28.0. The standard InChI is InChI=1S/C21H29FN6O3/c1-13-18(28-9-14-8-25-26(5)16(14)11-28)23-12-24-19(13)30-17-6-7-27(10-15(17)22)20(29)31-21(2,3)4/h8,12,15,17H,6-7,9-11H2,1-5H3/t15?,17-/m1/s1. The first-order chi connectivity index (χ1) is 14.6. The molecular weight excluding hydrogens is 403 g/mol. The average molecular weight is 433 g/mol. The Balaban J connectivity index is 1.41. The molecule has 2 aliphatic heterocycles. The second kappa shape index (κ2) is 7.97. The number of halogens is 1. The zero-order valence-corrected chi connectivity index (χ0v) is 18.6. The number of piperidine rings is 1. The van der Waals surface area contributed by atoms with Crippen LogP contribution in [0.4, 0.5) is 15.0 Å². The Morgan fingerprint density at radius 2 is 2.03 bits per heavy atom. The van der Waals surface area contributed by atoms with Gasteiger partial charge in [0.15, 0.2) is 6.17 Å². The van der Waals surface area contributed by atoms with Crippen LogP contribution in [0.5, 0.6) is 5.88 Å². The van der Waals surface area contributed by atoms with Crippen LogP contribution in [0, 0.1) is 6.92 Å². The molecule has 4 rings (SSSR count). The van der Waals surface area contributed by atoms with E-state index in [1.807, 2.05) is 24.9 Å².